The first-order valence-electron chi connectivity index (χ1n) is 2.68. The minimum atomic E-state index is -1.13. The van der Waals surface area contributed by atoms with Crippen molar-refractivity contribution in [1.29, 1.82) is 0 Å². The van der Waals surface area contributed by atoms with Crippen LogP contribution in [-0.2, 0) is 0 Å². The van der Waals surface area contributed by atoms with Crippen LogP contribution in [0, 0.1) is 20.2 Å². The van der Waals surface area contributed by atoms with E-state index in [2.05, 4.69) is 0 Å². The molecule has 0 bridgehead atoms. The summed E-state index contributed by atoms with van der Waals surface area (Å²) in [6.07, 6.45) is 0. The molecule has 0 rings (SSSR count). The molecule has 0 aromatic rings. The lowest BCUT2D eigenvalue weighted by molar-refractivity contribution is -0.428. The molecular formula is C4Cl4N2O4. The standard InChI is InChI=1S/C4Cl4N2O4/c5-1(4(8)10(13)14)2(3(6)7)9(11)12/b4-1-. The zero-order valence-electron chi connectivity index (χ0n) is 6.04. The fourth-order valence-corrected chi connectivity index (χ4v) is 1.16. The van der Waals surface area contributed by atoms with Crippen molar-refractivity contribution >= 4 is 46.4 Å². The Hall–Kier alpha value is -0.560. The molecule has 0 atom stereocenters. The van der Waals surface area contributed by atoms with E-state index in [1.54, 1.807) is 0 Å². The Bertz CT molecular complexity index is 345. The van der Waals surface area contributed by atoms with Crippen molar-refractivity contribution in [3.05, 3.63) is 40.6 Å². The summed E-state index contributed by atoms with van der Waals surface area (Å²) in [6.45, 7) is 0. The van der Waals surface area contributed by atoms with Gasteiger partial charge in [-0.05, 0) is 11.6 Å². The molecule has 0 aliphatic carbocycles. The predicted molar refractivity (Wildman–Crippen MR) is 51.5 cm³/mol. The van der Waals surface area contributed by atoms with Gasteiger partial charge in [-0.25, -0.2) is 0 Å². The first-order chi connectivity index (χ1) is 6.29. The summed E-state index contributed by atoms with van der Waals surface area (Å²) < 4.78 is -0.819. The van der Waals surface area contributed by atoms with Gasteiger partial charge < -0.3 is 0 Å². The van der Waals surface area contributed by atoms with Crippen LogP contribution in [0.15, 0.2) is 20.4 Å². The number of nitro groups is 2. The Morgan fingerprint density at radius 3 is 1.57 bits per heavy atom. The minimum absolute atomic E-state index is 0.819. The van der Waals surface area contributed by atoms with Crippen LogP contribution in [-0.4, -0.2) is 9.85 Å². The van der Waals surface area contributed by atoms with Gasteiger partial charge in [0.25, 0.3) is 0 Å². The van der Waals surface area contributed by atoms with E-state index in [9.17, 15) is 20.2 Å². The lowest BCUT2D eigenvalue weighted by Crippen LogP contribution is -2.04. The van der Waals surface area contributed by atoms with Crippen LogP contribution in [0.1, 0.15) is 0 Å². The van der Waals surface area contributed by atoms with E-state index in [0.29, 0.717) is 0 Å². The van der Waals surface area contributed by atoms with Gasteiger partial charge in [-0.2, -0.15) is 0 Å². The predicted octanol–water partition coefficient (Wildman–Crippen LogP) is 2.83. The van der Waals surface area contributed by atoms with Gasteiger partial charge in [0.05, 0.1) is 9.85 Å². The number of hydrogen-bond donors (Lipinski definition) is 0. The highest BCUT2D eigenvalue weighted by molar-refractivity contribution is 6.57. The maximum Gasteiger partial charge on any atom is 0.363 e. The third-order valence-corrected chi connectivity index (χ3v) is 2.05. The van der Waals surface area contributed by atoms with Crippen molar-refractivity contribution in [2.24, 2.45) is 0 Å². The molecule has 6 nitrogen and oxygen atoms in total. The molecule has 0 aliphatic rings. The fraction of sp³-hybridized carbons (Fsp3) is 0. The normalized spacial score (nSPS) is 11.7. The zero-order valence-corrected chi connectivity index (χ0v) is 9.06. The SMILES string of the molecule is O=[N+]([O-])C(=C(Cl)Cl)/C(Cl)=C(\Cl)[N+](=O)[O-]. The highest BCUT2D eigenvalue weighted by Crippen LogP contribution is 2.28. The van der Waals surface area contributed by atoms with Crippen molar-refractivity contribution in [3.63, 3.8) is 0 Å². The van der Waals surface area contributed by atoms with Crippen LogP contribution < -0.4 is 0 Å². The Morgan fingerprint density at radius 1 is 0.929 bits per heavy atom. The minimum Gasteiger partial charge on any atom is -0.258 e. The fourth-order valence-electron chi connectivity index (χ4n) is 0.410. The third kappa shape index (κ3) is 3.30. The molecule has 78 valence electrons. The second-order valence-electron chi connectivity index (χ2n) is 1.73. The molecule has 0 radical (unpaired) electrons. The van der Waals surface area contributed by atoms with E-state index >= 15 is 0 Å². The average molecular weight is 282 g/mol. The third-order valence-electron chi connectivity index (χ3n) is 0.911. The number of rotatable bonds is 3. The molecule has 0 amide bonds. The van der Waals surface area contributed by atoms with Crippen LogP contribution in [0.2, 0.25) is 0 Å². The molecule has 0 aromatic carbocycles. The summed E-state index contributed by atoms with van der Waals surface area (Å²) in [5.74, 6) is 0. The van der Waals surface area contributed by atoms with Crippen LogP contribution in [0.5, 0.6) is 0 Å². The Morgan fingerprint density at radius 2 is 1.36 bits per heavy atom. The summed E-state index contributed by atoms with van der Waals surface area (Å²) >= 11 is 20.4. The first-order valence-corrected chi connectivity index (χ1v) is 4.20. The van der Waals surface area contributed by atoms with E-state index in [-0.39, 0.29) is 0 Å². The molecule has 0 spiro atoms. The summed E-state index contributed by atoms with van der Waals surface area (Å²) in [7, 11) is 0. The molecule has 0 fully saturated rings. The largest absolute Gasteiger partial charge is 0.363 e. The zero-order chi connectivity index (χ0) is 11.5. The smallest absolute Gasteiger partial charge is 0.258 e. The highest BCUT2D eigenvalue weighted by Gasteiger charge is 2.29. The Balaban J connectivity index is 5.50. The van der Waals surface area contributed by atoms with Crippen molar-refractivity contribution in [1.82, 2.24) is 0 Å². The molecule has 10 heteroatoms. The van der Waals surface area contributed by atoms with E-state index in [0.717, 1.165) is 0 Å². The van der Waals surface area contributed by atoms with Crippen molar-refractivity contribution in [2.45, 2.75) is 0 Å². The monoisotopic (exact) mass is 280 g/mol. The van der Waals surface area contributed by atoms with Crippen LogP contribution >= 0.6 is 46.4 Å². The maximum atomic E-state index is 10.3. The van der Waals surface area contributed by atoms with Crippen molar-refractivity contribution in [2.75, 3.05) is 0 Å². The molecule has 0 saturated carbocycles. The Labute approximate surface area is 97.0 Å². The van der Waals surface area contributed by atoms with E-state index in [4.69, 9.17) is 46.4 Å². The number of hydrogen-bond acceptors (Lipinski definition) is 4. The van der Waals surface area contributed by atoms with Gasteiger partial charge in [-0.3, -0.25) is 20.2 Å². The molecule has 0 heterocycles. The van der Waals surface area contributed by atoms with E-state index < -0.39 is 30.2 Å². The van der Waals surface area contributed by atoms with Crippen molar-refractivity contribution in [3.8, 4) is 0 Å². The van der Waals surface area contributed by atoms with Crippen LogP contribution in [0.4, 0.5) is 0 Å². The Kier molecular flexibility index (Phi) is 5.14. The quantitative estimate of drug-likeness (QED) is 0.344. The second kappa shape index (κ2) is 5.35. The van der Waals surface area contributed by atoms with Gasteiger partial charge in [0, 0.05) is 0 Å². The molecule has 0 aromatic heterocycles. The molecule has 0 saturated heterocycles. The summed E-state index contributed by atoms with van der Waals surface area (Å²) in [5.41, 5.74) is -1.02. The molecule has 14 heavy (non-hydrogen) atoms. The first kappa shape index (κ1) is 13.4. The van der Waals surface area contributed by atoms with Gasteiger partial charge in [-0.1, -0.05) is 34.8 Å². The summed E-state index contributed by atoms with van der Waals surface area (Å²) in [6, 6.07) is 0. The lowest BCUT2D eigenvalue weighted by Gasteiger charge is -1.95. The number of allylic oxidation sites excluding steroid dienone is 1. The van der Waals surface area contributed by atoms with E-state index in [1.165, 1.54) is 0 Å². The molecular weight excluding hydrogens is 282 g/mol. The highest BCUT2D eigenvalue weighted by atomic mass is 35.5. The average Bonchev–Trinajstić information content (AvgIpc) is 2.01. The summed E-state index contributed by atoms with van der Waals surface area (Å²) in [4.78, 5) is 18.2. The van der Waals surface area contributed by atoms with Gasteiger partial charge >= 0.3 is 10.9 Å². The number of nitrogens with zero attached hydrogens (tertiary/aromatic N) is 2. The van der Waals surface area contributed by atoms with E-state index in [1.807, 2.05) is 0 Å². The maximum absolute atomic E-state index is 10.3. The summed E-state index contributed by atoms with van der Waals surface area (Å²) in [5, 5.41) is 18.3. The molecule has 0 aliphatic heterocycles. The van der Waals surface area contributed by atoms with Gasteiger partial charge in [0.1, 0.15) is 0 Å². The van der Waals surface area contributed by atoms with Gasteiger partial charge in [0.15, 0.2) is 4.49 Å². The lowest BCUT2D eigenvalue weighted by atomic mass is 10.5. The topological polar surface area (TPSA) is 86.3 Å². The van der Waals surface area contributed by atoms with Gasteiger partial charge in [0.2, 0.25) is 5.03 Å². The van der Waals surface area contributed by atoms with Crippen molar-refractivity contribution < 1.29 is 9.85 Å². The molecule has 0 unspecified atom stereocenters. The van der Waals surface area contributed by atoms with Crippen LogP contribution in [0.3, 0.4) is 0 Å². The van der Waals surface area contributed by atoms with Gasteiger partial charge in [-0.15, -0.1) is 0 Å². The van der Waals surface area contributed by atoms with Crippen LogP contribution in [0.25, 0.3) is 0 Å². The molecule has 0 N–H and O–H groups in total. The second-order valence-corrected chi connectivity index (χ2v) is 3.41. The number of halogens is 4.